The van der Waals surface area contributed by atoms with Gasteiger partial charge in [0.15, 0.2) is 0 Å². The van der Waals surface area contributed by atoms with Crippen molar-refractivity contribution in [3.8, 4) is 0 Å². The zero-order chi connectivity index (χ0) is 24.0. The second-order valence-electron chi connectivity index (χ2n) is 8.62. The van der Waals surface area contributed by atoms with E-state index in [0.717, 1.165) is 58.3 Å². The molecule has 0 heterocycles. The van der Waals surface area contributed by atoms with Crippen molar-refractivity contribution in [1.29, 1.82) is 0 Å². The van der Waals surface area contributed by atoms with Crippen LogP contribution < -0.4 is 0 Å². The SMILES string of the molecule is CCCCC(CCC)C(CC)C(CCCC)OC(=O)CC(CC(=O)O)(C(C)=O)C(=O)O. The number of esters is 1. The maximum Gasteiger partial charge on any atom is 0.318 e. The van der Waals surface area contributed by atoms with Crippen LogP contribution in [0.2, 0.25) is 0 Å². The van der Waals surface area contributed by atoms with Gasteiger partial charge in [0, 0.05) is 0 Å². The van der Waals surface area contributed by atoms with Gasteiger partial charge in [-0.15, -0.1) is 0 Å². The molecule has 0 radical (unpaired) electrons. The van der Waals surface area contributed by atoms with Crippen molar-refractivity contribution in [2.45, 2.75) is 111 Å². The number of carboxylic acids is 2. The minimum Gasteiger partial charge on any atom is -0.481 e. The third kappa shape index (κ3) is 9.40. The van der Waals surface area contributed by atoms with Crippen molar-refractivity contribution in [2.24, 2.45) is 17.3 Å². The summed E-state index contributed by atoms with van der Waals surface area (Å²) in [4.78, 5) is 47.9. The summed E-state index contributed by atoms with van der Waals surface area (Å²) in [6.45, 7) is 9.43. The predicted molar refractivity (Wildman–Crippen MR) is 119 cm³/mol. The topological polar surface area (TPSA) is 118 Å². The molecular formula is C24H42O7. The number of ketones is 1. The summed E-state index contributed by atoms with van der Waals surface area (Å²) in [5.74, 6) is -4.17. The molecule has 0 saturated carbocycles. The van der Waals surface area contributed by atoms with Gasteiger partial charge in [0.05, 0.1) is 12.8 Å². The van der Waals surface area contributed by atoms with Gasteiger partial charge in [-0.25, -0.2) is 0 Å². The van der Waals surface area contributed by atoms with Gasteiger partial charge in [-0.05, 0) is 31.6 Å². The highest BCUT2D eigenvalue weighted by molar-refractivity contribution is 6.06. The first-order valence-corrected chi connectivity index (χ1v) is 11.7. The second-order valence-corrected chi connectivity index (χ2v) is 8.62. The van der Waals surface area contributed by atoms with Crippen molar-refractivity contribution in [2.75, 3.05) is 0 Å². The molecule has 0 aromatic rings. The Kier molecular flexibility index (Phi) is 14.0. The number of hydrogen-bond acceptors (Lipinski definition) is 5. The minimum atomic E-state index is -2.30. The van der Waals surface area contributed by atoms with E-state index in [4.69, 9.17) is 9.84 Å². The Morgan fingerprint density at radius 1 is 0.839 bits per heavy atom. The lowest BCUT2D eigenvalue weighted by Crippen LogP contribution is -2.43. The van der Waals surface area contributed by atoms with Gasteiger partial charge >= 0.3 is 17.9 Å². The van der Waals surface area contributed by atoms with Gasteiger partial charge in [0.1, 0.15) is 17.3 Å². The standard InChI is InChI=1S/C24H42O7/c1-6-10-13-18(12-8-3)19(9-4)20(14-11-7-2)31-22(28)16-24(17(5)25,23(29)30)15-21(26)27/h18-20H,6-16H2,1-5H3,(H,26,27)(H,29,30). The van der Waals surface area contributed by atoms with E-state index in [9.17, 15) is 24.3 Å². The first-order valence-electron chi connectivity index (χ1n) is 11.7. The summed E-state index contributed by atoms with van der Waals surface area (Å²) in [5, 5.41) is 18.7. The van der Waals surface area contributed by atoms with Crippen LogP contribution in [0.15, 0.2) is 0 Å². The Bertz CT molecular complexity index is 570. The van der Waals surface area contributed by atoms with Gasteiger partial charge in [-0.2, -0.15) is 0 Å². The van der Waals surface area contributed by atoms with Crippen LogP contribution in [0.3, 0.4) is 0 Å². The molecule has 7 heteroatoms. The molecule has 0 saturated heterocycles. The zero-order valence-corrected chi connectivity index (χ0v) is 19.9. The molecule has 2 N–H and O–H groups in total. The predicted octanol–water partition coefficient (Wildman–Crippen LogP) is 5.25. The van der Waals surface area contributed by atoms with Crippen LogP contribution in [0.4, 0.5) is 0 Å². The number of carbonyl (C=O) groups excluding carboxylic acids is 2. The number of Topliss-reactive ketones (excluding diaryl/α,β-unsaturated/α-hetero) is 1. The number of unbranched alkanes of at least 4 members (excludes halogenated alkanes) is 2. The van der Waals surface area contributed by atoms with Gasteiger partial charge in [0.2, 0.25) is 0 Å². The average molecular weight is 443 g/mol. The third-order valence-corrected chi connectivity index (χ3v) is 6.25. The van der Waals surface area contributed by atoms with Crippen LogP contribution in [-0.4, -0.2) is 40.0 Å². The van der Waals surface area contributed by atoms with E-state index >= 15 is 0 Å². The molecule has 0 aliphatic rings. The molecule has 7 nitrogen and oxygen atoms in total. The van der Waals surface area contributed by atoms with Crippen molar-refractivity contribution >= 4 is 23.7 Å². The minimum absolute atomic E-state index is 0.151. The van der Waals surface area contributed by atoms with Crippen molar-refractivity contribution in [3.05, 3.63) is 0 Å². The van der Waals surface area contributed by atoms with Crippen LogP contribution in [0.1, 0.15) is 105 Å². The molecule has 180 valence electrons. The van der Waals surface area contributed by atoms with E-state index in [1.165, 1.54) is 0 Å². The number of carboxylic acid groups (broad SMARTS) is 2. The highest BCUT2D eigenvalue weighted by Gasteiger charge is 2.48. The molecule has 0 aliphatic heterocycles. The lowest BCUT2D eigenvalue weighted by atomic mass is 9.77. The summed E-state index contributed by atoms with van der Waals surface area (Å²) < 4.78 is 5.80. The number of hydrogen-bond donors (Lipinski definition) is 2. The molecule has 0 aliphatic carbocycles. The number of carbonyl (C=O) groups is 4. The van der Waals surface area contributed by atoms with Gasteiger partial charge in [-0.3, -0.25) is 19.2 Å². The molecule has 4 atom stereocenters. The smallest absolute Gasteiger partial charge is 0.318 e. The number of ether oxygens (including phenoxy) is 1. The monoisotopic (exact) mass is 442 g/mol. The van der Waals surface area contributed by atoms with Crippen molar-refractivity contribution in [3.63, 3.8) is 0 Å². The first-order chi connectivity index (χ1) is 14.6. The quantitative estimate of drug-likeness (QED) is 0.220. The molecule has 0 aromatic heterocycles. The Hall–Kier alpha value is -1.92. The highest BCUT2D eigenvalue weighted by atomic mass is 16.5. The summed E-state index contributed by atoms with van der Waals surface area (Å²) in [5.41, 5.74) is -2.30. The van der Waals surface area contributed by atoms with Crippen molar-refractivity contribution < 1.29 is 34.1 Å². The summed E-state index contributed by atoms with van der Waals surface area (Å²) in [7, 11) is 0. The summed E-state index contributed by atoms with van der Waals surface area (Å²) in [6, 6.07) is 0. The Morgan fingerprint density at radius 2 is 1.42 bits per heavy atom. The molecule has 0 bridgehead atoms. The normalized spacial score (nSPS) is 16.0. The van der Waals surface area contributed by atoms with Crippen LogP contribution >= 0.6 is 0 Å². The number of aliphatic carboxylic acids is 2. The molecule has 0 rings (SSSR count). The van der Waals surface area contributed by atoms with Crippen LogP contribution in [0.25, 0.3) is 0 Å². The summed E-state index contributed by atoms with van der Waals surface area (Å²) in [6.07, 6.45) is 6.53. The maximum absolute atomic E-state index is 12.8. The van der Waals surface area contributed by atoms with E-state index in [1.54, 1.807) is 0 Å². The molecule has 4 unspecified atom stereocenters. The van der Waals surface area contributed by atoms with E-state index in [-0.39, 0.29) is 12.0 Å². The van der Waals surface area contributed by atoms with E-state index in [2.05, 4.69) is 27.7 Å². The average Bonchev–Trinajstić information content (AvgIpc) is 2.69. The molecule has 0 spiro atoms. The van der Waals surface area contributed by atoms with Gasteiger partial charge < -0.3 is 14.9 Å². The van der Waals surface area contributed by atoms with Crippen molar-refractivity contribution in [1.82, 2.24) is 0 Å². The Balaban J connectivity index is 5.72. The first kappa shape index (κ1) is 29.1. The zero-order valence-electron chi connectivity index (χ0n) is 19.9. The van der Waals surface area contributed by atoms with Crippen LogP contribution in [0, 0.1) is 17.3 Å². The van der Waals surface area contributed by atoms with E-state index in [1.807, 2.05) is 0 Å². The Labute approximate surface area is 186 Å². The lowest BCUT2D eigenvalue weighted by molar-refractivity contribution is -0.170. The number of rotatable bonds is 18. The fourth-order valence-electron chi connectivity index (χ4n) is 4.40. The van der Waals surface area contributed by atoms with E-state index in [0.29, 0.717) is 12.3 Å². The second kappa shape index (κ2) is 15.0. The highest BCUT2D eigenvalue weighted by Crippen LogP contribution is 2.35. The fraction of sp³-hybridized carbons (Fsp3) is 0.833. The Morgan fingerprint density at radius 3 is 1.84 bits per heavy atom. The molecule has 0 aromatic carbocycles. The molecule has 0 amide bonds. The van der Waals surface area contributed by atoms with Crippen LogP contribution in [0.5, 0.6) is 0 Å². The third-order valence-electron chi connectivity index (χ3n) is 6.25. The fourth-order valence-corrected chi connectivity index (χ4v) is 4.40. The lowest BCUT2D eigenvalue weighted by Gasteiger charge is -2.34. The largest absolute Gasteiger partial charge is 0.481 e. The van der Waals surface area contributed by atoms with Gasteiger partial charge in [-0.1, -0.05) is 72.6 Å². The van der Waals surface area contributed by atoms with Crippen LogP contribution in [-0.2, 0) is 23.9 Å². The molecule has 31 heavy (non-hydrogen) atoms. The summed E-state index contributed by atoms with van der Waals surface area (Å²) >= 11 is 0. The van der Waals surface area contributed by atoms with Gasteiger partial charge in [0.25, 0.3) is 0 Å². The molecule has 0 fully saturated rings. The van der Waals surface area contributed by atoms with E-state index < -0.39 is 41.9 Å². The maximum atomic E-state index is 12.8. The molecular weight excluding hydrogens is 400 g/mol.